The Bertz CT molecular complexity index is 1070. The molecule has 1 aromatic heterocycles. The number of nitro benzene ring substituents is 1. The number of ether oxygens (including phenoxy) is 1. The Hall–Kier alpha value is -3.10. The van der Waals surface area contributed by atoms with Crippen LogP contribution < -0.4 is 16.2 Å². The second-order valence-corrected chi connectivity index (χ2v) is 5.85. The minimum absolute atomic E-state index is 0.0481. The molecule has 0 unspecified atom stereocenters. The third-order valence-electron chi connectivity index (χ3n) is 3.37. The smallest absolute Gasteiger partial charge is 0.354 e. The van der Waals surface area contributed by atoms with Gasteiger partial charge in [-0.15, -0.1) is 0 Å². The van der Waals surface area contributed by atoms with Gasteiger partial charge >= 0.3 is 5.69 Å². The van der Waals surface area contributed by atoms with Gasteiger partial charge in [0.1, 0.15) is 22.3 Å². The molecule has 0 saturated heterocycles. The summed E-state index contributed by atoms with van der Waals surface area (Å²) in [5.41, 5.74) is 5.05. The van der Waals surface area contributed by atoms with Crippen molar-refractivity contribution >= 4 is 34.7 Å². The van der Waals surface area contributed by atoms with Gasteiger partial charge in [-0.05, 0) is 24.3 Å². The number of hydrogen-bond donors (Lipinski definition) is 1. The summed E-state index contributed by atoms with van der Waals surface area (Å²) in [5, 5.41) is 11.0. The average molecular weight is 393 g/mol. The van der Waals surface area contributed by atoms with Crippen LogP contribution in [-0.4, -0.2) is 14.5 Å². The number of halogens is 2. The molecule has 0 saturated carbocycles. The van der Waals surface area contributed by atoms with Gasteiger partial charge in [0.2, 0.25) is 0 Å². The zero-order valence-corrected chi connectivity index (χ0v) is 14.4. The molecule has 10 heteroatoms. The maximum absolute atomic E-state index is 12.0. The zero-order chi connectivity index (χ0) is 18.8. The predicted molar refractivity (Wildman–Crippen MR) is 97.4 cm³/mol. The van der Waals surface area contributed by atoms with Gasteiger partial charge in [0, 0.05) is 18.3 Å². The molecule has 132 valence electrons. The first-order chi connectivity index (χ1) is 12.4. The van der Waals surface area contributed by atoms with Crippen molar-refractivity contribution in [1.82, 2.24) is 9.55 Å². The molecular formula is C16H10Cl2N4O4. The number of benzene rings is 2. The highest BCUT2D eigenvalue weighted by Crippen LogP contribution is 2.37. The number of nitrogens with zero attached hydrogens (tertiary/aromatic N) is 3. The Balaban J connectivity index is 2.00. The molecule has 0 spiro atoms. The van der Waals surface area contributed by atoms with Crippen molar-refractivity contribution in [2.24, 2.45) is 0 Å². The van der Waals surface area contributed by atoms with Gasteiger partial charge in [-0.1, -0.05) is 29.3 Å². The maximum atomic E-state index is 12.0. The molecule has 3 aromatic rings. The second-order valence-electron chi connectivity index (χ2n) is 5.07. The van der Waals surface area contributed by atoms with Crippen LogP contribution in [0.1, 0.15) is 0 Å². The molecule has 26 heavy (non-hydrogen) atoms. The molecule has 0 atom stereocenters. The molecule has 1 heterocycles. The van der Waals surface area contributed by atoms with Gasteiger partial charge in [-0.3, -0.25) is 14.7 Å². The lowest BCUT2D eigenvalue weighted by Crippen LogP contribution is -2.21. The Labute approximate surface area is 156 Å². The number of nitrogen functional groups attached to an aromatic ring is 1. The number of anilines is 1. The highest BCUT2D eigenvalue weighted by Gasteiger charge is 2.15. The van der Waals surface area contributed by atoms with Crippen molar-refractivity contribution in [3.05, 3.63) is 79.3 Å². The Kier molecular flexibility index (Phi) is 4.79. The topological polar surface area (TPSA) is 113 Å². The fraction of sp³-hybridized carbons (Fsp3) is 0. The summed E-state index contributed by atoms with van der Waals surface area (Å²) in [6.07, 6.45) is 1.44. The minimum atomic E-state index is -0.600. The van der Waals surface area contributed by atoms with Gasteiger partial charge in [-0.25, -0.2) is 4.79 Å². The first-order valence-electron chi connectivity index (χ1n) is 7.12. The fourth-order valence-electron chi connectivity index (χ4n) is 2.17. The van der Waals surface area contributed by atoms with Gasteiger partial charge < -0.3 is 10.5 Å². The number of aromatic nitrogens is 2. The third-order valence-corrected chi connectivity index (χ3v) is 4.05. The summed E-state index contributed by atoms with van der Waals surface area (Å²) < 4.78 is 6.86. The van der Waals surface area contributed by atoms with E-state index in [4.69, 9.17) is 33.7 Å². The van der Waals surface area contributed by atoms with E-state index in [0.717, 1.165) is 0 Å². The average Bonchev–Trinajstić information content (AvgIpc) is 2.59. The van der Waals surface area contributed by atoms with E-state index in [-0.39, 0.29) is 33.0 Å². The lowest BCUT2D eigenvalue weighted by molar-refractivity contribution is -0.384. The van der Waals surface area contributed by atoms with Crippen molar-refractivity contribution < 1.29 is 9.66 Å². The fourth-order valence-corrected chi connectivity index (χ4v) is 2.64. The van der Waals surface area contributed by atoms with Crippen molar-refractivity contribution in [3.63, 3.8) is 0 Å². The van der Waals surface area contributed by atoms with Crippen molar-refractivity contribution in [2.75, 3.05) is 5.73 Å². The molecule has 0 aliphatic carbocycles. The molecule has 0 aliphatic rings. The summed E-state index contributed by atoms with van der Waals surface area (Å²) >= 11 is 12.4. The minimum Gasteiger partial charge on any atom is -0.454 e. The van der Waals surface area contributed by atoms with E-state index in [1.165, 1.54) is 35.0 Å². The number of hydrogen-bond acceptors (Lipinski definition) is 6. The molecule has 0 fully saturated rings. The number of nitro groups is 1. The lowest BCUT2D eigenvalue weighted by atomic mass is 10.2. The first kappa shape index (κ1) is 17.7. The summed E-state index contributed by atoms with van der Waals surface area (Å²) in [4.78, 5) is 25.9. The monoisotopic (exact) mass is 392 g/mol. The van der Waals surface area contributed by atoms with E-state index in [9.17, 15) is 14.9 Å². The Morgan fingerprint density at radius 2 is 1.92 bits per heavy atom. The molecule has 3 rings (SSSR count). The summed E-state index contributed by atoms with van der Waals surface area (Å²) in [6.45, 7) is 0. The van der Waals surface area contributed by atoms with E-state index in [1.807, 2.05) is 0 Å². The van der Waals surface area contributed by atoms with Crippen LogP contribution in [0.4, 0.5) is 11.5 Å². The van der Waals surface area contributed by atoms with Crippen molar-refractivity contribution in [1.29, 1.82) is 0 Å². The highest BCUT2D eigenvalue weighted by atomic mass is 35.5. The highest BCUT2D eigenvalue weighted by molar-refractivity contribution is 6.34. The van der Waals surface area contributed by atoms with Gasteiger partial charge in [-0.2, -0.15) is 4.98 Å². The summed E-state index contributed by atoms with van der Waals surface area (Å²) in [7, 11) is 0. The van der Waals surface area contributed by atoms with Crippen LogP contribution in [-0.2, 0) is 0 Å². The number of rotatable bonds is 4. The molecule has 0 radical (unpaired) electrons. The van der Waals surface area contributed by atoms with Crippen LogP contribution in [0.25, 0.3) is 5.69 Å². The van der Waals surface area contributed by atoms with Crippen LogP contribution >= 0.6 is 23.2 Å². The number of non-ortho nitro benzene ring substituents is 1. The van der Waals surface area contributed by atoms with Crippen LogP contribution in [0.3, 0.4) is 0 Å². The molecule has 0 aliphatic heterocycles. The standard InChI is InChI=1S/C16H10Cl2N4O4/c17-10-8-9(22(24)25)4-5-12(10)26-13-3-1-2-11(15(13)18)21-7-6-14(19)20-16(21)23/h1-8H,(H2,19,20,23). The van der Waals surface area contributed by atoms with Crippen molar-refractivity contribution in [3.8, 4) is 17.2 Å². The van der Waals surface area contributed by atoms with E-state index in [0.29, 0.717) is 5.69 Å². The molecule has 0 amide bonds. The SMILES string of the molecule is Nc1ccn(-c2cccc(Oc3ccc([N+](=O)[O-])cc3Cl)c2Cl)c(=O)n1. The normalized spacial score (nSPS) is 10.5. The van der Waals surface area contributed by atoms with E-state index in [2.05, 4.69) is 4.98 Å². The van der Waals surface area contributed by atoms with E-state index < -0.39 is 10.6 Å². The molecule has 0 bridgehead atoms. The predicted octanol–water partition coefficient (Wildman–Crippen LogP) is 3.82. The van der Waals surface area contributed by atoms with Crippen LogP contribution in [0, 0.1) is 10.1 Å². The second kappa shape index (κ2) is 7.03. The third kappa shape index (κ3) is 3.46. The van der Waals surface area contributed by atoms with Crippen LogP contribution in [0.15, 0.2) is 53.5 Å². The quantitative estimate of drug-likeness (QED) is 0.533. The zero-order valence-electron chi connectivity index (χ0n) is 12.9. The summed E-state index contributed by atoms with van der Waals surface area (Å²) in [5.74, 6) is 0.482. The largest absolute Gasteiger partial charge is 0.454 e. The molecule has 2 aromatic carbocycles. The van der Waals surface area contributed by atoms with E-state index in [1.54, 1.807) is 18.2 Å². The maximum Gasteiger partial charge on any atom is 0.354 e. The van der Waals surface area contributed by atoms with Crippen molar-refractivity contribution in [2.45, 2.75) is 0 Å². The first-order valence-corrected chi connectivity index (χ1v) is 7.88. The molecular weight excluding hydrogens is 383 g/mol. The van der Waals surface area contributed by atoms with Crippen LogP contribution in [0.2, 0.25) is 10.0 Å². The van der Waals surface area contributed by atoms with Gasteiger partial charge in [0.25, 0.3) is 5.69 Å². The Morgan fingerprint density at radius 3 is 2.58 bits per heavy atom. The van der Waals surface area contributed by atoms with Gasteiger partial charge in [0.05, 0.1) is 15.6 Å². The lowest BCUT2D eigenvalue weighted by Gasteiger charge is -2.13. The van der Waals surface area contributed by atoms with E-state index >= 15 is 0 Å². The Morgan fingerprint density at radius 1 is 1.15 bits per heavy atom. The summed E-state index contributed by atoms with van der Waals surface area (Å²) in [6, 6.07) is 10.0. The molecule has 8 nitrogen and oxygen atoms in total. The van der Waals surface area contributed by atoms with Crippen LogP contribution in [0.5, 0.6) is 11.5 Å². The molecule has 2 N–H and O–H groups in total. The number of nitrogens with two attached hydrogens (primary N) is 1. The van der Waals surface area contributed by atoms with Gasteiger partial charge in [0.15, 0.2) is 0 Å².